The van der Waals surface area contributed by atoms with Gasteiger partial charge in [-0.3, -0.25) is 0 Å². The summed E-state index contributed by atoms with van der Waals surface area (Å²) in [7, 11) is 0. The molecule has 1 aliphatic rings. The Morgan fingerprint density at radius 1 is 1.25 bits per heavy atom. The van der Waals surface area contributed by atoms with E-state index in [0.29, 0.717) is 5.92 Å². The smallest absolute Gasteiger partial charge is 0.318 e. The van der Waals surface area contributed by atoms with E-state index in [1.165, 1.54) is 51.4 Å². The van der Waals surface area contributed by atoms with Crippen molar-refractivity contribution in [2.24, 2.45) is 16.5 Å². The molecule has 1 aliphatic carbocycles. The maximum Gasteiger partial charge on any atom is 0.340 e. The molecule has 1 rings (SSSR count). The lowest BCUT2D eigenvalue weighted by atomic mass is 9.97. The van der Waals surface area contributed by atoms with Gasteiger partial charge in [-0.15, -0.1) is 0 Å². The highest BCUT2D eigenvalue weighted by Crippen LogP contribution is 2.28. The topological polar surface area (TPSA) is 38.7 Å². The molecule has 1 atom stereocenters. The van der Waals surface area contributed by atoms with Crippen LogP contribution in [0.1, 0.15) is 85.5 Å². The van der Waals surface area contributed by atoms with Gasteiger partial charge in [0.25, 0.3) is 0 Å². The standard InChI is InChI=1S/C17H31NO2/c1-5-6-7-8-9-11-14-12-10-13-15(14)18-20-16(19)17(2,3)4/h14H,5-13H2,1-4H3. The Labute approximate surface area is 124 Å². The summed E-state index contributed by atoms with van der Waals surface area (Å²) in [6, 6.07) is 0. The van der Waals surface area contributed by atoms with Crippen LogP contribution in [0.15, 0.2) is 5.16 Å². The van der Waals surface area contributed by atoms with E-state index in [1.54, 1.807) is 0 Å². The van der Waals surface area contributed by atoms with Crippen molar-refractivity contribution in [3.8, 4) is 0 Å². The van der Waals surface area contributed by atoms with Crippen molar-refractivity contribution >= 4 is 11.7 Å². The van der Waals surface area contributed by atoms with Gasteiger partial charge in [0.2, 0.25) is 0 Å². The molecule has 0 aromatic heterocycles. The molecule has 116 valence electrons. The number of carbonyl (C=O) groups is 1. The first-order valence-corrected chi connectivity index (χ1v) is 8.23. The molecular formula is C17H31NO2. The minimum Gasteiger partial charge on any atom is -0.318 e. The molecule has 0 aromatic carbocycles. The molecule has 0 spiro atoms. The summed E-state index contributed by atoms with van der Waals surface area (Å²) in [5, 5.41) is 4.15. The molecule has 0 radical (unpaired) electrons. The summed E-state index contributed by atoms with van der Waals surface area (Å²) in [5.41, 5.74) is 0.635. The molecule has 0 aromatic rings. The molecule has 0 amide bonds. The Hall–Kier alpha value is -0.860. The van der Waals surface area contributed by atoms with E-state index < -0.39 is 5.41 Å². The third kappa shape index (κ3) is 6.06. The van der Waals surface area contributed by atoms with Crippen LogP contribution in [0.4, 0.5) is 0 Å². The Morgan fingerprint density at radius 2 is 1.95 bits per heavy atom. The van der Waals surface area contributed by atoms with Crippen LogP contribution in [0.5, 0.6) is 0 Å². The van der Waals surface area contributed by atoms with Gasteiger partial charge in [-0.2, -0.15) is 0 Å². The highest BCUT2D eigenvalue weighted by atomic mass is 16.7. The third-order valence-electron chi connectivity index (χ3n) is 3.97. The summed E-state index contributed by atoms with van der Waals surface area (Å²) in [5.74, 6) is 0.308. The lowest BCUT2D eigenvalue weighted by Crippen LogP contribution is -2.22. The minimum atomic E-state index is -0.474. The van der Waals surface area contributed by atoms with Gasteiger partial charge in [-0.1, -0.05) is 44.2 Å². The molecule has 20 heavy (non-hydrogen) atoms. The van der Waals surface area contributed by atoms with Crippen molar-refractivity contribution in [3.63, 3.8) is 0 Å². The zero-order valence-corrected chi connectivity index (χ0v) is 13.7. The number of hydrogen-bond acceptors (Lipinski definition) is 3. The van der Waals surface area contributed by atoms with Crippen molar-refractivity contribution in [1.82, 2.24) is 0 Å². The van der Waals surface area contributed by atoms with E-state index in [-0.39, 0.29) is 5.97 Å². The number of nitrogens with zero attached hydrogens (tertiary/aromatic N) is 1. The van der Waals surface area contributed by atoms with Gasteiger partial charge in [0.15, 0.2) is 0 Å². The lowest BCUT2D eigenvalue weighted by Gasteiger charge is -2.14. The number of hydrogen-bond donors (Lipinski definition) is 0. The van der Waals surface area contributed by atoms with E-state index in [1.807, 2.05) is 20.8 Å². The van der Waals surface area contributed by atoms with Gasteiger partial charge in [-0.25, -0.2) is 4.79 Å². The van der Waals surface area contributed by atoms with Crippen LogP contribution in [0.3, 0.4) is 0 Å². The number of oxime groups is 1. The van der Waals surface area contributed by atoms with Crippen molar-refractivity contribution in [3.05, 3.63) is 0 Å². The van der Waals surface area contributed by atoms with Crippen LogP contribution >= 0.6 is 0 Å². The predicted molar refractivity (Wildman–Crippen MR) is 83.7 cm³/mol. The fourth-order valence-electron chi connectivity index (χ4n) is 2.56. The highest BCUT2D eigenvalue weighted by molar-refractivity contribution is 5.88. The van der Waals surface area contributed by atoms with Gasteiger partial charge in [-0.05, 0) is 46.5 Å². The molecule has 0 heterocycles. The number of carbonyl (C=O) groups excluding carboxylic acids is 1. The minimum absolute atomic E-state index is 0.237. The van der Waals surface area contributed by atoms with Crippen LogP contribution in [0, 0.1) is 11.3 Å². The largest absolute Gasteiger partial charge is 0.340 e. The first-order chi connectivity index (χ1) is 9.45. The zero-order valence-electron chi connectivity index (χ0n) is 13.7. The van der Waals surface area contributed by atoms with Crippen molar-refractivity contribution in [2.45, 2.75) is 85.5 Å². The summed E-state index contributed by atoms with van der Waals surface area (Å²) >= 11 is 0. The monoisotopic (exact) mass is 281 g/mol. The zero-order chi connectivity index (χ0) is 15.0. The van der Waals surface area contributed by atoms with Crippen LogP contribution in [-0.4, -0.2) is 11.7 Å². The van der Waals surface area contributed by atoms with Crippen molar-refractivity contribution in [2.75, 3.05) is 0 Å². The molecule has 0 N–H and O–H groups in total. The maximum atomic E-state index is 11.7. The molecule has 0 bridgehead atoms. The second-order valence-corrected chi connectivity index (χ2v) is 7.00. The SMILES string of the molecule is CCCCCCCC1CCCC1=NOC(=O)C(C)(C)C. The van der Waals surface area contributed by atoms with E-state index >= 15 is 0 Å². The fourth-order valence-corrected chi connectivity index (χ4v) is 2.56. The van der Waals surface area contributed by atoms with Crippen LogP contribution in [0.2, 0.25) is 0 Å². The highest BCUT2D eigenvalue weighted by Gasteiger charge is 2.26. The molecule has 3 heteroatoms. The van der Waals surface area contributed by atoms with Crippen molar-refractivity contribution < 1.29 is 9.63 Å². The average Bonchev–Trinajstić information content (AvgIpc) is 2.82. The van der Waals surface area contributed by atoms with E-state index in [2.05, 4.69) is 12.1 Å². The first-order valence-electron chi connectivity index (χ1n) is 8.23. The van der Waals surface area contributed by atoms with E-state index in [0.717, 1.165) is 12.1 Å². The third-order valence-corrected chi connectivity index (χ3v) is 3.97. The summed E-state index contributed by atoms with van der Waals surface area (Å²) in [4.78, 5) is 16.8. The van der Waals surface area contributed by atoms with E-state index in [9.17, 15) is 4.79 Å². The molecule has 3 nitrogen and oxygen atoms in total. The van der Waals surface area contributed by atoms with Gasteiger partial charge >= 0.3 is 5.97 Å². The number of rotatable bonds is 7. The molecule has 1 unspecified atom stereocenters. The van der Waals surface area contributed by atoms with Gasteiger partial charge in [0.05, 0.1) is 11.1 Å². The normalized spacial score (nSPS) is 21.4. The molecule has 0 aliphatic heterocycles. The first kappa shape index (κ1) is 17.2. The summed E-state index contributed by atoms with van der Waals surface area (Å²) in [6.45, 7) is 7.81. The van der Waals surface area contributed by atoms with Crippen molar-refractivity contribution in [1.29, 1.82) is 0 Å². The van der Waals surface area contributed by atoms with Gasteiger partial charge < -0.3 is 4.84 Å². The summed E-state index contributed by atoms with van der Waals surface area (Å²) in [6.07, 6.45) is 11.2. The number of unbranched alkanes of at least 4 members (excludes halogenated alkanes) is 4. The lowest BCUT2D eigenvalue weighted by molar-refractivity contribution is -0.153. The van der Waals surface area contributed by atoms with Crippen LogP contribution in [-0.2, 0) is 9.63 Å². The second-order valence-electron chi connectivity index (χ2n) is 7.00. The quantitative estimate of drug-likeness (QED) is 0.370. The van der Waals surface area contributed by atoms with Gasteiger partial charge in [0, 0.05) is 5.92 Å². The Morgan fingerprint density at radius 3 is 2.60 bits per heavy atom. The molecule has 1 fully saturated rings. The van der Waals surface area contributed by atoms with E-state index in [4.69, 9.17) is 4.84 Å². The second kappa shape index (κ2) is 8.43. The molecule has 0 saturated heterocycles. The fraction of sp³-hybridized carbons (Fsp3) is 0.882. The van der Waals surface area contributed by atoms with Crippen LogP contribution in [0.25, 0.3) is 0 Å². The average molecular weight is 281 g/mol. The molecule has 1 saturated carbocycles. The summed E-state index contributed by atoms with van der Waals surface area (Å²) < 4.78 is 0. The van der Waals surface area contributed by atoms with Gasteiger partial charge in [0.1, 0.15) is 0 Å². The predicted octanol–water partition coefficient (Wildman–Crippen LogP) is 5.09. The maximum absolute atomic E-state index is 11.7. The Kier molecular flexibility index (Phi) is 7.25. The Balaban J connectivity index is 2.35. The van der Waals surface area contributed by atoms with Crippen LogP contribution < -0.4 is 0 Å². The molecular weight excluding hydrogens is 250 g/mol. The Bertz CT molecular complexity index is 328.